The zero-order valence-electron chi connectivity index (χ0n) is 13.7. The molecule has 1 aromatic rings. The lowest BCUT2D eigenvalue weighted by atomic mass is 10.0. The Bertz CT molecular complexity index is 487. The molecule has 1 aromatic heterocycles. The second-order valence-electron chi connectivity index (χ2n) is 5.72. The molecule has 1 atom stereocenters. The zero-order valence-corrected chi connectivity index (χ0v) is 16.0. The average molecular weight is 418 g/mol. The van der Waals surface area contributed by atoms with Crippen LogP contribution in [0.15, 0.2) is 23.3 Å². The van der Waals surface area contributed by atoms with Gasteiger partial charge in [0.2, 0.25) is 0 Å². The number of nitrogens with one attached hydrogen (secondary N) is 2. The van der Waals surface area contributed by atoms with E-state index in [0.717, 1.165) is 44.2 Å². The SMILES string of the molecule is CCNC(=NCc1ncccc1C)NCC1(C)CCCO1.I. The Kier molecular flexibility index (Phi) is 8.09. The lowest BCUT2D eigenvalue weighted by Crippen LogP contribution is -2.45. The summed E-state index contributed by atoms with van der Waals surface area (Å²) in [5, 5.41) is 6.65. The van der Waals surface area contributed by atoms with Crippen LogP contribution in [0.2, 0.25) is 0 Å². The number of hydrogen-bond donors (Lipinski definition) is 2. The molecule has 2 heterocycles. The number of rotatable bonds is 5. The summed E-state index contributed by atoms with van der Waals surface area (Å²) in [7, 11) is 0. The number of aromatic nitrogens is 1. The van der Waals surface area contributed by atoms with E-state index in [-0.39, 0.29) is 29.6 Å². The molecule has 0 saturated carbocycles. The Morgan fingerprint density at radius 3 is 2.91 bits per heavy atom. The molecule has 1 aliphatic rings. The number of nitrogens with zero attached hydrogens (tertiary/aromatic N) is 2. The summed E-state index contributed by atoms with van der Waals surface area (Å²) in [5.74, 6) is 0.819. The van der Waals surface area contributed by atoms with Gasteiger partial charge in [-0.25, -0.2) is 4.99 Å². The van der Waals surface area contributed by atoms with Gasteiger partial charge >= 0.3 is 0 Å². The van der Waals surface area contributed by atoms with E-state index in [4.69, 9.17) is 4.74 Å². The van der Waals surface area contributed by atoms with Crippen LogP contribution in [0.4, 0.5) is 0 Å². The van der Waals surface area contributed by atoms with Crippen LogP contribution in [-0.4, -0.2) is 36.2 Å². The third kappa shape index (κ3) is 5.72. The molecular formula is C16H27IN4O. The first-order valence-corrected chi connectivity index (χ1v) is 7.69. The van der Waals surface area contributed by atoms with Gasteiger partial charge in [-0.3, -0.25) is 4.98 Å². The minimum Gasteiger partial charge on any atom is -0.373 e. The lowest BCUT2D eigenvalue weighted by molar-refractivity contribution is 0.0243. The molecule has 0 spiro atoms. The van der Waals surface area contributed by atoms with Crippen LogP contribution in [0, 0.1) is 6.92 Å². The summed E-state index contributed by atoms with van der Waals surface area (Å²) >= 11 is 0. The number of ether oxygens (including phenoxy) is 1. The van der Waals surface area contributed by atoms with Crippen molar-refractivity contribution in [3.05, 3.63) is 29.6 Å². The molecule has 2 rings (SSSR count). The summed E-state index contributed by atoms with van der Waals surface area (Å²) in [6.07, 6.45) is 4.04. The van der Waals surface area contributed by atoms with E-state index in [2.05, 4.69) is 47.4 Å². The summed E-state index contributed by atoms with van der Waals surface area (Å²) in [6, 6.07) is 4.01. The number of guanidine groups is 1. The van der Waals surface area contributed by atoms with E-state index >= 15 is 0 Å². The van der Waals surface area contributed by atoms with Crippen molar-refractivity contribution in [2.45, 2.75) is 45.8 Å². The van der Waals surface area contributed by atoms with E-state index in [1.807, 2.05) is 12.3 Å². The Labute approximate surface area is 150 Å². The van der Waals surface area contributed by atoms with Crippen LogP contribution in [0.1, 0.15) is 37.9 Å². The van der Waals surface area contributed by atoms with Crippen LogP contribution < -0.4 is 10.6 Å². The highest BCUT2D eigenvalue weighted by atomic mass is 127. The van der Waals surface area contributed by atoms with Gasteiger partial charge in [0.25, 0.3) is 0 Å². The van der Waals surface area contributed by atoms with Crippen molar-refractivity contribution in [2.75, 3.05) is 19.7 Å². The predicted octanol–water partition coefficient (Wildman–Crippen LogP) is 2.63. The van der Waals surface area contributed by atoms with Crippen LogP contribution in [0.5, 0.6) is 0 Å². The van der Waals surface area contributed by atoms with Gasteiger partial charge in [-0.2, -0.15) is 0 Å². The van der Waals surface area contributed by atoms with Gasteiger partial charge in [0, 0.05) is 25.9 Å². The van der Waals surface area contributed by atoms with Gasteiger partial charge in [0.15, 0.2) is 5.96 Å². The second kappa shape index (κ2) is 9.29. The second-order valence-corrected chi connectivity index (χ2v) is 5.72. The Hall–Kier alpha value is -0.890. The molecule has 0 radical (unpaired) electrons. The number of hydrogen-bond acceptors (Lipinski definition) is 3. The standard InChI is InChI=1S/C16H26N4O.HI/c1-4-17-15(20-12-16(3)8-6-10-21-16)19-11-14-13(2)7-5-9-18-14;/h5,7,9H,4,6,8,10-12H2,1-3H3,(H2,17,19,20);1H. The molecule has 1 saturated heterocycles. The Morgan fingerprint density at radius 1 is 1.45 bits per heavy atom. The van der Waals surface area contributed by atoms with Crippen LogP contribution in [0.3, 0.4) is 0 Å². The maximum atomic E-state index is 5.79. The van der Waals surface area contributed by atoms with Gasteiger partial charge in [-0.05, 0) is 45.2 Å². The Morgan fingerprint density at radius 2 is 2.27 bits per heavy atom. The van der Waals surface area contributed by atoms with Gasteiger partial charge in [0.05, 0.1) is 17.8 Å². The first-order valence-electron chi connectivity index (χ1n) is 7.69. The van der Waals surface area contributed by atoms with E-state index in [9.17, 15) is 0 Å². The molecule has 2 N–H and O–H groups in total. The number of halogens is 1. The number of pyridine rings is 1. The molecule has 1 aliphatic heterocycles. The lowest BCUT2D eigenvalue weighted by Gasteiger charge is -2.24. The van der Waals surface area contributed by atoms with Crippen molar-refractivity contribution in [1.29, 1.82) is 0 Å². The van der Waals surface area contributed by atoms with Crippen molar-refractivity contribution < 1.29 is 4.74 Å². The van der Waals surface area contributed by atoms with Crippen LogP contribution in [0.25, 0.3) is 0 Å². The molecule has 0 aliphatic carbocycles. The number of aryl methyl sites for hydroxylation is 1. The molecular weight excluding hydrogens is 391 g/mol. The fourth-order valence-electron chi connectivity index (χ4n) is 2.43. The summed E-state index contributed by atoms with van der Waals surface area (Å²) in [6.45, 7) is 9.34. The van der Waals surface area contributed by atoms with Gasteiger partial charge in [-0.15, -0.1) is 24.0 Å². The highest BCUT2D eigenvalue weighted by Crippen LogP contribution is 2.23. The summed E-state index contributed by atoms with van der Waals surface area (Å²) in [4.78, 5) is 8.99. The fraction of sp³-hybridized carbons (Fsp3) is 0.625. The normalized spacial score (nSPS) is 21.3. The minimum atomic E-state index is -0.0723. The first-order chi connectivity index (χ1) is 10.1. The van der Waals surface area contributed by atoms with E-state index in [0.29, 0.717) is 6.54 Å². The fourth-order valence-corrected chi connectivity index (χ4v) is 2.43. The summed E-state index contributed by atoms with van der Waals surface area (Å²) in [5.41, 5.74) is 2.11. The molecule has 6 heteroatoms. The third-order valence-corrected chi connectivity index (χ3v) is 3.78. The topological polar surface area (TPSA) is 58.5 Å². The molecule has 1 unspecified atom stereocenters. The maximum Gasteiger partial charge on any atom is 0.191 e. The minimum absolute atomic E-state index is 0. The molecule has 22 heavy (non-hydrogen) atoms. The van der Waals surface area contributed by atoms with Crippen LogP contribution in [-0.2, 0) is 11.3 Å². The van der Waals surface area contributed by atoms with Gasteiger partial charge in [0.1, 0.15) is 0 Å². The molecule has 5 nitrogen and oxygen atoms in total. The van der Waals surface area contributed by atoms with Gasteiger partial charge in [-0.1, -0.05) is 6.07 Å². The van der Waals surface area contributed by atoms with Crippen molar-refractivity contribution in [2.24, 2.45) is 4.99 Å². The summed E-state index contributed by atoms with van der Waals surface area (Å²) < 4.78 is 5.79. The first kappa shape index (κ1) is 19.2. The average Bonchev–Trinajstić information content (AvgIpc) is 2.91. The van der Waals surface area contributed by atoms with E-state index < -0.39 is 0 Å². The van der Waals surface area contributed by atoms with E-state index in [1.54, 1.807) is 0 Å². The van der Waals surface area contributed by atoms with Crippen molar-refractivity contribution in [3.8, 4) is 0 Å². The van der Waals surface area contributed by atoms with Crippen LogP contribution >= 0.6 is 24.0 Å². The molecule has 0 amide bonds. The molecule has 1 fully saturated rings. The Balaban J connectivity index is 0.00000242. The molecule has 124 valence electrons. The van der Waals surface area contributed by atoms with Crippen molar-refractivity contribution >= 4 is 29.9 Å². The van der Waals surface area contributed by atoms with Crippen molar-refractivity contribution in [3.63, 3.8) is 0 Å². The van der Waals surface area contributed by atoms with E-state index in [1.165, 1.54) is 5.56 Å². The maximum absolute atomic E-state index is 5.79. The highest BCUT2D eigenvalue weighted by Gasteiger charge is 2.29. The monoisotopic (exact) mass is 418 g/mol. The third-order valence-electron chi connectivity index (χ3n) is 3.78. The smallest absolute Gasteiger partial charge is 0.191 e. The quantitative estimate of drug-likeness (QED) is 0.439. The zero-order chi connectivity index (χ0) is 15.1. The van der Waals surface area contributed by atoms with Crippen molar-refractivity contribution in [1.82, 2.24) is 15.6 Å². The van der Waals surface area contributed by atoms with Gasteiger partial charge < -0.3 is 15.4 Å². The predicted molar refractivity (Wildman–Crippen MR) is 101 cm³/mol. The molecule has 0 bridgehead atoms. The highest BCUT2D eigenvalue weighted by molar-refractivity contribution is 14.0. The number of aliphatic imine (C=N–C) groups is 1. The molecule has 0 aromatic carbocycles. The largest absolute Gasteiger partial charge is 0.373 e.